The van der Waals surface area contributed by atoms with Gasteiger partial charge in [-0.25, -0.2) is 0 Å². The fraction of sp³-hybridized carbons (Fsp3) is 0.778. The van der Waals surface area contributed by atoms with Crippen LogP contribution in [0.5, 0.6) is 0 Å². The largest absolute Gasteiger partial charge is 0.314 e. The molecular formula is C9H15N3S2. The standard InChI is InChI=1S/C9H15N3S2/c1-2-3-4-8-9(12-14-11-8)13-7-5-10-6-7/h7,10H,2-6H2,1H3. The van der Waals surface area contributed by atoms with Crippen LogP contribution in [0.3, 0.4) is 0 Å². The molecule has 0 aromatic carbocycles. The van der Waals surface area contributed by atoms with Gasteiger partial charge in [0.2, 0.25) is 0 Å². The molecule has 1 aromatic rings. The van der Waals surface area contributed by atoms with E-state index >= 15 is 0 Å². The first-order chi connectivity index (χ1) is 6.90. The van der Waals surface area contributed by atoms with Gasteiger partial charge in [-0.05, 0) is 12.8 Å². The van der Waals surface area contributed by atoms with Crippen LogP contribution in [-0.2, 0) is 6.42 Å². The van der Waals surface area contributed by atoms with Gasteiger partial charge in [-0.15, -0.1) is 0 Å². The van der Waals surface area contributed by atoms with Crippen LogP contribution in [0, 0.1) is 0 Å². The van der Waals surface area contributed by atoms with Gasteiger partial charge in [0.15, 0.2) is 0 Å². The molecule has 0 bridgehead atoms. The van der Waals surface area contributed by atoms with Crippen molar-refractivity contribution in [3.8, 4) is 0 Å². The van der Waals surface area contributed by atoms with Gasteiger partial charge in [0.1, 0.15) is 5.03 Å². The van der Waals surface area contributed by atoms with Crippen molar-refractivity contribution >= 4 is 23.5 Å². The molecule has 1 saturated heterocycles. The molecule has 1 fully saturated rings. The third kappa shape index (κ3) is 2.46. The van der Waals surface area contributed by atoms with E-state index in [1.54, 1.807) is 0 Å². The Bertz CT molecular complexity index is 283. The van der Waals surface area contributed by atoms with Crippen molar-refractivity contribution in [2.75, 3.05) is 13.1 Å². The molecule has 0 aliphatic carbocycles. The summed E-state index contributed by atoms with van der Waals surface area (Å²) in [5.41, 5.74) is 1.22. The molecule has 2 rings (SSSR count). The zero-order chi connectivity index (χ0) is 9.80. The highest BCUT2D eigenvalue weighted by atomic mass is 32.2. The van der Waals surface area contributed by atoms with Crippen molar-refractivity contribution < 1.29 is 0 Å². The van der Waals surface area contributed by atoms with Gasteiger partial charge in [-0.1, -0.05) is 25.1 Å². The monoisotopic (exact) mass is 229 g/mol. The van der Waals surface area contributed by atoms with E-state index in [0.717, 1.165) is 24.8 Å². The molecule has 1 N–H and O–H groups in total. The van der Waals surface area contributed by atoms with E-state index in [4.69, 9.17) is 0 Å². The second-order valence-corrected chi connectivity index (χ2v) is 5.34. The minimum atomic E-state index is 0.722. The highest BCUT2D eigenvalue weighted by molar-refractivity contribution is 8.00. The second kappa shape index (κ2) is 5.09. The van der Waals surface area contributed by atoms with Crippen molar-refractivity contribution in [2.24, 2.45) is 0 Å². The molecule has 0 spiro atoms. The average molecular weight is 229 g/mol. The van der Waals surface area contributed by atoms with Crippen LogP contribution in [0.15, 0.2) is 5.03 Å². The summed E-state index contributed by atoms with van der Waals surface area (Å²) in [6.07, 6.45) is 3.55. The minimum Gasteiger partial charge on any atom is -0.314 e. The van der Waals surface area contributed by atoms with Crippen molar-refractivity contribution in [1.29, 1.82) is 0 Å². The molecule has 78 valence electrons. The fourth-order valence-electron chi connectivity index (χ4n) is 1.29. The van der Waals surface area contributed by atoms with Crippen molar-refractivity contribution in [3.63, 3.8) is 0 Å². The number of hydrogen-bond acceptors (Lipinski definition) is 5. The Kier molecular flexibility index (Phi) is 3.78. The third-order valence-electron chi connectivity index (χ3n) is 2.31. The molecule has 0 unspecified atom stereocenters. The summed E-state index contributed by atoms with van der Waals surface area (Å²) < 4.78 is 8.71. The smallest absolute Gasteiger partial charge is 0.134 e. The normalized spacial score (nSPS) is 16.9. The summed E-state index contributed by atoms with van der Waals surface area (Å²) in [6, 6.07) is 0. The van der Waals surface area contributed by atoms with E-state index in [1.807, 2.05) is 11.8 Å². The first-order valence-corrected chi connectivity index (χ1v) is 6.70. The summed E-state index contributed by atoms with van der Waals surface area (Å²) in [7, 11) is 0. The zero-order valence-electron chi connectivity index (χ0n) is 8.32. The summed E-state index contributed by atoms with van der Waals surface area (Å²) >= 11 is 3.24. The lowest BCUT2D eigenvalue weighted by atomic mass is 10.2. The molecule has 5 heteroatoms. The van der Waals surface area contributed by atoms with E-state index < -0.39 is 0 Å². The maximum absolute atomic E-state index is 4.36. The molecule has 1 aliphatic rings. The molecule has 1 aromatic heterocycles. The Morgan fingerprint density at radius 3 is 3.00 bits per heavy atom. The molecule has 0 saturated carbocycles. The van der Waals surface area contributed by atoms with E-state index in [0.29, 0.717) is 0 Å². The Labute approximate surface area is 93.0 Å². The molecule has 1 aliphatic heterocycles. The SMILES string of the molecule is CCCCc1nsnc1SC1CNC1. The zero-order valence-corrected chi connectivity index (χ0v) is 9.96. The predicted molar refractivity (Wildman–Crippen MR) is 61.0 cm³/mol. The van der Waals surface area contributed by atoms with Crippen LogP contribution in [0.1, 0.15) is 25.5 Å². The van der Waals surface area contributed by atoms with Gasteiger partial charge < -0.3 is 5.32 Å². The van der Waals surface area contributed by atoms with E-state index in [2.05, 4.69) is 21.0 Å². The van der Waals surface area contributed by atoms with Crippen molar-refractivity contribution in [3.05, 3.63) is 5.69 Å². The van der Waals surface area contributed by atoms with Gasteiger partial charge in [0.25, 0.3) is 0 Å². The Morgan fingerprint density at radius 1 is 1.50 bits per heavy atom. The Morgan fingerprint density at radius 2 is 2.36 bits per heavy atom. The van der Waals surface area contributed by atoms with E-state index in [-0.39, 0.29) is 0 Å². The van der Waals surface area contributed by atoms with Crippen LogP contribution >= 0.6 is 23.5 Å². The first-order valence-electron chi connectivity index (χ1n) is 5.09. The van der Waals surface area contributed by atoms with Crippen molar-refractivity contribution in [2.45, 2.75) is 36.5 Å². The van der Waals surface area contributed by atoms with Crippen LogP contribution in [0.25, 0.3) is 0 Å². The molecule has 14 heavy (non-hydrogen) atoms. The second-order valence-electron chi connectivity index (χ2n) is 3.52. The lowest BCUT2D eigenvalue weighted by Crippen LogP contribution is -2.44. The lowest BCUT2D eigenvalue weighted by molar-refractivity contribution is 0.543. The number of rotatable bonds is 5. The topological polar surface area (TPSA) is 37.8 Å². The predicted octanol–water partition coefficient (Wildman–Crippen LogP) is 1.94. The number of thioether (sulfide) groups is 1. The van der Waals surface area contributed by atoms with Crippen LogP contribution in [-0.4, -0.2) is 27.1 Å². The van der Waals surface area contributed by atoms with Gasteiger partial charge in [-0.2, -0.15) is 8.75 Å². The summed E-state index contributed by atoms with van der Waals surface area (Å²) in [5.74, 6) is 0. The number of nitrogens with one attached hydrogen (secondary N) is 1. The first kappa shape index (κ1) is 10.4. The molecule has 0 radical (unpaired) electrons. The van der Waals surface area contributed by atoms with E-state index in [1.165, 1.54) is 35.3 Å². The fourth-order valence-corrected chi connectivity index (χ4v) is 3.12. The molecule has 2 heterocycles. The highest BCUT2D eigenvalue weighted by Gasteiger charge is 2.21. The maximum atomic E-state index is 4.36. The summed E-state index contributed by atoms with van der Waals surface area (Å²) in [5, 5.41) is 5.17. The number of nitrogens with zero attached hydrogens (tertiary/aromatic N) is 2. The molecule has 3 nitrogen and oxygen atoms in total. The average Bonchev–Trinajstić information content (AvgIpc) is 2.55. The van der Waals surface area contributed by atoms with Gasteiger partial charge >= 0.3 is 0 Å². The molecule has 0 amide bonds. The third-order valence-corrected chi connectivity index (χ3v) is 4.21. The van der Waals surface area contributed by atoms with Gasteiger partial charge in [0, 0.05) is 18.3 Å². The minimum absolute atomic E-state index is 0.722. The summed E-state index contributed by atoms with van der Waals surface area (Å²) in [6.45, 7) is 4.45. The van der Waals surface area contributed by atoms with Crippen molar-refractivity contribution in [1.82, 2.24) is 14.1 Å². The van der Waals surface area contributed by atoms with Gasteiger partial charge in [0.05, 0.1) is 17.4 Å². The van der Waals surface area contributed by atoms with Crippen LogP contribution in [0.2, 0.25) is 0 Å². The van der Waals surface area contributed by atoms with Crippen LogP contribution < -0.4 is 5.32 Å². The number of unbranched alkanes of at least 4 members (excludes halogenated alkanes) is 1. The van der Waals surface area contributed by atoms with Crippen LogP contribution in [0.4, 0.5) is 0 Å². The summed E-state index contributed by atoms with van der Waals surface area (Å²) in [4.78, 5) is 0. The number of hydrogen-bond donors (Lipinski definition) is 1. The Hall–Kier alpha value is -0.130. The maximum Gasteiger partial charge on any atom is 0.134 e. The molecular weight excluding hydrogens is 214 g/mol. The number of aromatic nitrogens is 2. The lowest BCUT2D eigenvalue weighted by Gasteiger charge is -2.25. The molecule has 0 atom stereocenters. The Balaban J connectivity index is 1.90. The van der Waals surface area contributed by atoms with Gasteiger partial charge in [-0.3, -0.25) is 0 Å². The van der Waals surface area contributed by atoms with E-state index in [9.17, 15) is 0 Å². The quantitative estimate of drug-likeness (QED) is 0.837. The number of aryl methyl sites for hydroxylation is 1. The highest BCUT2D eigenvalue weighted by Crippen LogP contribution is 2.27.